The normalized spacial score (nSPS) is 11.7. The number of nitrogens with two attached hydrogens (primary N) is 1. The van der Waals surface area contributed by atoms with Gasteiger partial charge in [-0.25, -0.2) is 13.1 Å². The molecule has 0 radical (unpaired) electrons. The third-order valence-electron chi connectivity index (χ3n) is 2.54. The Hall–Kier alpha value is -1.15. The fourth-order valence-corrected chi connectivity index (χ4v) is 3.54. The van der Waals surface area contributed by atoms with Gasteiger partial charge in [0.1, 0.15) is 5.76 Å². The Bertz CT molecular complexity index is 654. The molecular weight excluding hydrogens is 332 g/mol. The molecule has 1 aromatic heterocycles. The van der Waals surface area contributed by atoms with Crippen LogP contribution in [0.1, 0.15) is 11.3 Å². The molecule has 3 N–H and O–H groups in total. The highest BCUT2D eigenvalue weighted by molar-refractivity contribution is 9.10. The smallest absolute Gasteiger partial charge is 0.242 e. The number of halogens is 1. The zero-order chi connectivity index (χ0) is 13.9. The van der Waals surface area contributed by atoms with Gasteiger partial charge in [-0.05, 0) is 45.8 Å². The molecule has 1 aromatic carbocycles. The van der Waals surface area contributed by atoms with Crippen LogP contribution in [0.25, 0.3) is 0 Å². The molecule has 0 saturated heterocycles. The Morgan fingerprint density at radius 2 is 2.11 bits per heavy atom. The molecule has 5 nitrogen and oxygen atoms in total. The highest BCUT2D eigenvalue weighted by atomic mass is 79.9. The molecule has 0 saturated carbocycles. The largest absolute Gasteiger partial charge is 0.468 e. The molecule has 2 aromatic rings. The van der Waals surface area contributed by atoms with Crippen LogP contribution in [-0.4, -0.2) is 8.42 Å². The Morgan fingerprint density at radius 3 is 2.74 bits per heavy atom. The van der Waals surface area contributed by atoms with Crippen molar-refractivity contribution in [1.29, 1.82) is 0 Å². The summed E-state index contributed by atoms with van der Waals surface area (Å²) in [6.45, 7) is 0.391. The van der Waals surface area contributed by atoms with Gasteiger partial charge in [-0.1, -0.05) is 6.07 Å². The number of hydrogen-bond acceptors (Lipinski definition) is 4. The van der Waals surface area contributed by atoms with Gasteiger partial charge in [0.15, 0.2) is 0 Å². The molecule has 19 heavy (non-hydrogen) atoms. The first kappa shape index (κ1) is 14.3. The molecule has 0 bridgehead atoms. The van der Waals surface area contributed by atoms with Crippen LogP contribution in [0.15, 0.2) is 50.4 Å². The van der Waals surface area contributed by atoms with Gasteiger partial charge in [0.05, 0.1) is 17.7 Å². The lowest BCUT2D eigenvalue weighted by Crippen LogP contribution is -2.23. The van der Waals surface area contributed by atoms with Crippen molar-refractivity contribution in [1.82, 2.24) is 4.72 Å². The number of rotatable bonds is 5. The standard InChI is InChI=1S/C12H13BrN2O3S/c13-11-4-3-9(7-14)6-12(11)19(16,17)15-8-10-2-1-5-18-10/h1-6,15H,7-8,14H2. The summed E-state index contributed by atoms with van der Waals surface area (Å²) in [6, 6.07) is 8.40. The Labute approximate surface area is 120 Å². The van der Waals surface area contributed by atoms with E-state index in [1.165, 1.54) is 6.26 Å². The highest BCUT2D eigenvalue weighted by Crippen LogP contribution is 2.23. The van der Waals surface area contributed by atoms with E-state index in [4.69, 9.17) is 10.2 Å². The van der Waals surface area contributed by atoms with Crippen molar-refractivity contribution in [2.75, 3.05) is 0 Å². The molecule has 0 unspecified atom stereocenters. The van der Waals surface area contributed by atoms with Gasteiger partial charge in [-0.15, -0.1) is 0 Å². The maximum absolute atomic E-state index is 12.2. The third-order valence-corrected chi connectivity index (χ3v) is 4.93. The van der Waals surface area contributed by atoms with Gasteiger partial charge in [-0.3, -0.25) is 0 Å². The van der Waals surface area contributed by atoms with E-state index in [0.29, 0.717) is 10.2 Å². The first-order valence-corrected chi connectivity index (χ1v) is 7.81. The van der Waals surface area contributed by atoms with Gasteiger partial charge < -0.3 is 10.2 Å². The van der Waals surface area contributed by atoms with Crippen LogP contribution in [0.4, 0.5) is 0 Å². The topological polar surface area (TPSA) is 85.3 Å². The summed E-state index contributed by atoms with van der Waals surface area (Å²) in [5, 5.41) is 0. The second-order valence-corrected chi connectivity index (χ2v) is 6.46. The lowest BCUT2D eigenvalue weighted by molar-refractivity contribution is 0.498. The first-order chi connectivity index (χ1) is 9.03. The highest BCUT2D eigenvalue weighted by Gasteiger charge is 2.18. The molecule has 0 aliphatic rings. The van der Waals surface area contributed by atoms with E-state index in [0.717, 1.165) is 5.56 Å². The molecule has 7 heteroatoms. The molecule has 1 heterocycles. The predicted molar refractivity (Wildman–Crippen MR) is 74.8 cm³/mol. The quantitative estimate of drug-likeness (QED) is 0.868. The number of benzene rings is 1. The molecule has 0 aliphatic carbocycles. The van der Waals surface area contributed by atoms with Crippen LogP contribution in [-0.2, 0) is 23.1 Å². The van der Waals surface area contributed by atoms with Crippen molar-refractivity contribution < 1.29 is 12.8 Å². The molecule has 102 valence electrons. The number of furan rings is 1. The van der Waals surface area contributed by atoms with Crippen LogP contribution < -0.4 is 10.5 Å². The van der Waals surface area contributed by atoms with Gasteiger partial charge >= 0.3 is 0 Å². The summed E-state index contributed by atoms with van der Waals surface area (Å²) >= 11 is 3.23. The fourth-order valence-electron chi connectivity index (χ4n) is 1.54. The average molecular weight is 345 g/mol. The zero-order valence-electron chi connectivity index (χ0n) is 9.97. The lowest BCUT2D eigenvalue weighted by atomic mass is 10.2. The summed E-state index contributed by atoms with van der Waals surface area (Å²) in [5.74, 6) is 0.551. The van der Waals surface area contributed by atoms with E-state index in [-0.39, 0.29) is 18.0 Å². The minimum atomic E-state index is -3.61. The maximum atomic E-state index is 12.2. The van der Waals surface area contributed by atoms with Gasteiger partial charge in [-0.2, -0.15) is 0 Å². The van der Waals surface area contributed by atoms with Gasteiger partial charge in [0.25, 0.3) is 0 Å². The van der Waals surface area contributed by atoms with E-state index in [9.17, 15) is 8.42 Å². The van der Waals surface area contributed by atoms with Crippen LogP contribution in [0.3, 0.4) is 0 Å². The molecule has 0 aliphatic heterocycles. The molecule has 0 fully saturated rings. The van der Waals surface area contributed by atoms with Gasteiger partial charge in [0.2, 0.25) is 10.0 Å². The van der Waals surface area contributed by atoms with Crippen molar-refractivity contribution in [2.45, 2.75) is 18.0 Å². The SMILES string of the molecule is NCc1ccc(Br)c(S(=O)(=O)NCc2ccco2)c1. The van der Waals surface area contributed by atoms with Crippen LogP contribution in [0.5, 0.6) is 0 Å². The second-order valence-electron chi connectivity index (χ2n) is 3.87. The van der Waals surface area contributed by atoms with Crippen LogP contribution in [0, 0.1) is 0 Å². The number of sulfonamides is 1. The summed E-state index contributed by atoms with van der Waals surface area (Å²) < 4.78 is 32.4. The van der Waals surface area contributed by atoms with Crippen molar-refractivity contribution in [3.05, 3.63) is 52.4 Å². The van der Waals surface area contributed by atoms with Gasteiger partial charge in [0, 0.05) is 11.0 Å². The summed E-state index contributed by atoms with van der Waals surface area (Å²) in [7, 11) is -3.61. The first-order valence-electron chi connectivity index (χ1n) is 5.53. The molecule has 0 atom stereocenters. The summed E-state index contributed by atoms with van der Waals surface area (Å²) in [5.41, 5.74) is 6.27. The molecular formula is C12H13BrN2O3S. The van der Waals surface area contributed by atoms with Crippen LogP contribution in [0.2, 0.25) is 0 Å². The molecule has 2 rings (SSSR count). The minimum absolute atomic E-state index is 0.106. The predicted octanol–water partition coefficient (Wildman–Crippen LogP) is 1.98. The fraction of sp³-hybridized carbons (Fsp3) is 0.167. The summed E-state index contributed by atoms with van der Waals surface area (Å²) in [6.07, 6.45) is 1.49. The van der Waals surface area contributed by atoms with E-state index in [2.05, 4.69) is 20.7 Å². The molecule has 0 amide bonds. The van der Waals surface area contributed by atoms with E-state index in [1.807, 2.05) is 0 Å². The van der Waals surface area contributed by atoms with Crippen molar-refractivity contribution in [3.8, 4) is 0 Å². The van der Waals surface area contributed by atoms with Crippen molar-refractivity contribution in [3.63, 3.8) is 0 Å². The van der Waals surface area contributed by atoms with E-state index < -0.39 is 10.0 Å². The Kier molecular flexibility index (Phi) is 4.41. The number of nitrogens with one attached hydrogen (secondary N) is 1. The van der Waals surface area contributed by atoms with E-state index >= 15 is 0 Å². The lowest BCUT2D eigenvalue weighted by Gasteiger charge is -2.09. The second kappa shape index (κ2) is 5.87. The maximum Gasteiger partial charge on any atom is 0.242 e. The average Bonchev–Trinajstić information content (AvgIpc) is 2.90. The van der Waals surface area contributed by atoms with Crippen molar-refractivity contribution in [2.24, 2.45) is 5.73 Å². The van der Waals surface area contributed by atoms with Crippen LogP contribution >= 0.6 is 15.9 Å². The monoisotopic (exact) mass is 344 g/mol. The van der Waals surface area contributed by atoms with E-state index in [1.54, 1.807) is 30.3 Å². The Balaban J connectivity index is 2.23. The number of hydrogen-bond donors (Lipinski definition) is 2. The van der Waals surface area contributed by atoms with Crippen molar-refractivity contribution >= 4 is 26.0 Å². The molecule has 0 spiro atoms. The zero-order valence-corrected chi connectivity index (χ0v) is 12.4. The Morgan fingerprint density at radius 1 is 1.32 bits per heavy atom. The minimum Gasteiger partial charge on any atom is -0.468 e. The summed E-state index contributed by atoms with van der Waals surface area (Å²) in [4.78, 5) is 0.169. The third kappa shape index (κ3) is 3.44.